The van der Waals surface area contributed by atoms with Crippen LogP contribution in [0.3, 0.4) is 0 Å². The van der Waals surface area contributed by atoms with Crippen LogP contribution in [-0.4, -0.2) is 23.8 Å². The first-order valence-corrected chi connectivity index (χ1v) is 5.10. The lowest BCUT2D eigenvalue weighted by Crippen LogP contribution is -2.19. The van der Waals surface area contributed by atoms with E-state index in [0.29, 0.717) is 18.7 Å². The minimum Gasteiger partial charge on any atom is -0.298 e. The molecule has 0 unspecified atom stereocenters. The van der Waals surface area contributed by atoms with Crippen molar-refractivity contribution in [1.29, 1.82) is 0 Å². The molecule has 1 heterocycles. The van der Waals surface area contributed by atoms with Crippen LogP contribution in [0.2, 0.25) is 5.02 Å². The molecule has 0 bridgehead atoms. The van der Waals surface area contributed by atoms with Gasteiger partial charge in [-0.15, -0.1) is 0 Å². The number of carbonyl (C=O) groups is 1. The number of likely N-dealkylation sites (tertiary alicyclic amines) is 1. The summed E-state index contributed by atoms with van der Waals surface area (Å²) in [6.07, 6.45) is 0.702. The van der Waals surface area contributed by atoms with Crippen LogP contribution < -0.4 is 0 Å². The number of halogens is 1. The molecular formula is C11H12ClNO. The maximum Gasteiger partial charge on any atom is 0.148 e. The standard InChI is InChI=1S/C11H12ClNO/c12-10-3-1-9(2-4-10)7-13-6-5-11(14)8-13/h1-4H,5-8H2. The van der Waals surface area contributed by atoms with Gasteiger partial charge in [0.05, 0.1) is 6.54 Å². The number of benzene rings is 1. The van der Waals surface area contributed by atoms with Crippen molar-refractivity contribution >= 4 is 17.4 Å². The van der Waals surface area contributed by atoms with E-state index in [-0.39, 0.29) is 0 Å². The Labute approximate surface area is 88.5 Å². The smallest absolute Gasteiger partial charge is 0.148 e. The van der Waals surface area contributed by atoms with Crippen molar-refractivity contribution in [3.8, 4) is 0 Å². The van der Waals surface area contributed by atoms with Crippen molar-refractivity contribution in [1.82, 2.24) is 4.90 Å². The highest BCUT2D eigenvalue weighted by molar-refractivity contribution is 6.30. The Hall–Kier alpha value is -0.860. The van der Waals surface area contributed by atoms with Crippen LogP contribution in [0.5, 0.6) is 0 Å². The third-order valence-corrected chi connectivity index (χ3v) is 2.68. The fourth-order valence-corrected chi connectivity index (χ4v) is 1.80. The van der Waals surface area contributed by atoms with Gasteiger partial charge in [-0.05, 0) is 17.7 Å². The summed E-state index contributed by atoms with van der Waals surface area (Å²) in [6.45, 7) is 2.34. The molecule has 2 rings (SSSR count). The Kier molecular flexibility index (Phi) is 2.85. The molecule has 3 heteroatoms. The van der Waals surface area contributed by atoms with E-state index in [4.69, 9.17) is 11.6 Å². The van der Waals surface area contributed by atoms with E-state index in [1.807, 2.05) is 24.3 Å². The molecule has 0 N–H and O–H groups in total. The third-order valence-electron chi connectivity index (χ3n) is 2.43. The maximum absolute atomic E-state index is 11.0. The largest absolute Gasteiger partial charge is 0.298 e. The Balaban J connectivity index is 1.97. The molecule has 2 nitrogen and oxygen atoms in total. The lowest BCUT2D eigenvalue weighted by Gasteiger charge is -2.13. The number of Topliss-reactive ketones (excluding diaryl/α,β-unsaturated/α-hetero) is 1. The average molecular weight is 210 g/mol. The highest BCUT2D eigenvalue weighted by atomic mass is 35.5. The van der Waals surface area contributed by atoms with Gasteiger partial charge in [0.1, 0.15) is 5.78 Å². The van der Waals surface area contributed by atoms with Crippen LogP contribution in [0.25, 0.3) is 0 Å². The average Bonchev–Trinajstić information content (AvgIpc) is 2.56. The van der Waals surface area contributed by atoms with Gasteiger partial charge in [-0.1, -0.05) is 23.7 Å². The molecule has 0 aromatic heterocycles. The number of nitrogens with zero attached hydrogens (tertiary/aromatic N) is 1. The van der Waals surface area contributed by atoms with E-state index < -0.39 is 0 Å². The highest BCUT2D eigenvalue weighted by Crippen LogP contribution is 2.13. The molecule has 74 valence electrons. The minimum atomic E-state index is 0.346. The van der Waals surface area contributed by atoms with Crippen LogP contribution in [0.1, 0.15) is 12.0 Å². The second kappa shape index (κ2) is 4.11. The van der Waals surface area contributed by atoms with E-state index in [2.05, 4.69) is 4.90 Å². The zero-order chi connectivity index (χ0) is 9.97. The Morgan fingerprint density at radius 1 is 1.29 bits per heavy atom. The molecule has 1 aromatic carbocycles. The molecule has 1 fully saturated rings. The summed E-state index contributed by atoms with van der Waals surface area (Å²) in [6, 6.07) is 7.78. The van der Waals surface area contributed by atoms with Crippen LogP contribution in [-0.2, 0) is 11.3 Å². The van der Waals surface area contributed by atoms with Crippen LogP contribution in [0.4, 0.5) is 0 Å². The van der Waals surface area contributed by atoms with Gasteiger partial charge >= 0.3 is 0 Å². The highest BCUT2D eigenvalue weighted by Gasteiger charge is 2.18. The lowest BCUT2D eigenvalue weighted by atomic mass is 10.2. The maximum atomic E-state index is 11.0. The molecular weight excluding hydrogens is 198 g/mol. The van der Waals surface area contributed by atoms with Gasteiger partial charge in [0, 0.05) is 24.5 Å². The Morgan fingerprint density at radius 3 is 2.57 bits per heavy atom. The molecule has 0 saturated carbocycles. The second-order valence-corrected chi connectivity index (χ2v) is 4.06. The predicted octanol–water partition coefficient (Wildman–Crippen LogP) is 2.11. The van der Waals surface area contributed by atoms with E-state index in [9.17, 15) is 4.79 Å². The first-order valence-electron chi connectivity index (χ1n) is 4.72. The summed E-state index contributed by atoms with van der Waals surface area (Å²) >= 11 is 5.78. The van der Waals surface area contributed by atoms with Crippen molar-refractivity contribution in [3.05, 3.63) is 34.9 Å². The van der Waals surface area contributed by atoms with Crippen molar-refractivity contribution in [2.75, 3.05) is 13.1 Å². The fourth-order valence-electron chi connectivity index (χ4n) is 1.67. The molecule has 14 heavy (non-hydrogen) atoms. The van der Waals surface area contributed by atoms with E-state index in [1.54, 1.807) is 0 Å². The number of hydrogen-bond donors (Lipinski definition) is 0. The third kappa shape index (κ3) is 2.34. The van der Waals surface area contributed by atoms with Gasteiger partial charge in [0.25, 0.3) is 0 Å². The second-order valence-electron chi connectivity index (χ2n) is 3.63. The number of hydrogen-bond acceptors (Lipinski definition) is 2. The number of rotatable bonds is 2. The topological polar surface area (TPSA) is 20.3 Å². The van der Waals surface area contributed by atoms with Crippen molar-refractivity contribution in [2.45, 2.75) is 13.0 Å². The summed E-state index contributed by atoms with van der Waals surface area (Å²) in [7, 11) is 0. The zero-order valence-electron chi connectivity index (χ0n) is 7.87. The fraction of sp³-hybridized carbons (Fsp3) is 0.364. The molecule has 1 aliphatic rings. The normalized spacial score (nSPS) is 17.6. The molecule has 1 saturated heterocycles. The Morgan fingerprint density at radius 2 is 2.00 bits per heavy atom. The molecule has 0 atom stereocenters. The Bertz CT molecular complexity index is 334. The summed E-state index contributed by atoms with van der Waals surface area (Å²) < 4.78 is 0. The number of ketones is 1. The molecule has 0 aliphatic carbocycles. The van der Waals surface area contributed by atoms with Gasteiger partial charge in [-0.2, -0.15) is 0 Å². The molecule has 0 spiro atoms. The molecule has 1 aliphatic heterocycles. The minimum absolute atomic E-state index is 0.346. The van der Waals surface area contributed by atoms with Crippen LogP contribution in [0, 0.1) is 0 Å². The molecule has 1 aromatic rings. The SMILES string of the molecule is O=C1CCN(Cc2ccc(Cl)cc2)C1. The van der Waals surface area contributed by atoms with E-state index >= 15 is 0 Å². The molecule has 0 radical (unpaired) electrons. The quantitative estimate of drug-likeness (QED) is 0.744. The van der Waals surface area contributed by atoms with E-state index in [1.165, 1.54) is 5.56 Å². The lowest BCUT2D eigenvalue weighted by molar-refractivity contribution is -0.116. The summed E-state index contributed by atoms with van der Waals surface area (Å²) in [4.78, 5) is 13.2. The number of carbonyl (C=O) groups excluding carboxylic acids is 1. The van der Waals surface area contributed by atoms with Crippen LogP contribution >= 0.6 is 11.6 Å². The van der Waals surface area contributed by atoms with Gasteiger partial charge in [-0.25, -0.2) is 0 Å². The van der Waals surface area contributed by atoms with Gasteiger partial charge in [-0.3, -0.25) is 9.69 Å². The van der Waals surface area contributed by atoms with Crippen molar-refractivity contribution < 1.29 is 4.79 Å². The van der Waals surface area contributed by atoms with Gasteiger partial charge in [0.15, 0.2) is 0 Å². The van der Waals surface area contributed by atoms with E-state index in [0.717, 1.165) is 18.1 Å². The summed E-state index contributed by atoms with van der Waals surface area (Å²) in [5.74, 6) is 0.346. The summed E-state index contributed by atoms with van der Waals surface area (Å²) in [5.41, 5.74) is 1.21. The van der Waals surface area contributed by atoms with Gasteiger partial charge in [0.2, 0.25) is 0 Å². The van der Waals surface area contributed by atoms with Crippen LogP contribution in [0.15, 0.2) is 24.3 Å². The zero-order valence-corrected chi connectivity index (χ0v) is 8.63. The monoisotopic (exact) mass is 209 g/mol. The molecule has 0 amide bonds. The first kappa shape index (κ1) is 9.69. The van der Waals surface area contributed by atoms with Gasteiger partial charge < -0.3 is 0 Å². The van der Waals surface area contributed by atoms with Crippen molar-refractivity contribution in [2.24, 2.45) is 0 Å². The summed E-state index contributed by atoms with van der Waals surface area (Å²) in [5, 5.41) is 0.756. The van der Waals surface area contributed by atoms with Crippen molar-refractivity contribution in [3.63, 3.8) is 0 Å². The predicted molar refractivity (Wildman–Crippen MR) is 56.4 cm³/mol. The first-order chi connectivity index (χ1) is 6.74.